The Morgan fingerprint density at radius 1 is 1.42 bits per heavy atom. The molecule has 19 heavy (non-hydrogen) atoms. The van der Waals surface area contributed by atoms with Crippen molar-refractivity contribution >= 4 is 11.4 Å². The monoisotopic (exact) mass is 258 g/mol. The van der Waals surface area contributed by atoms with Gasteiger partial charge in [-0.05, 0) is 56.6 Å². The van der Waals surface area contributed by atoms with Gasteiger partial charge in [0.25, 0.3) is 0 Å². The summed E-state index contributed by atoms with van der Waals surface area (Å²) in [6.07, 6.45) is 2.49. The number of hydrogen-bond donors (Lipinski definition) is 2. The minimum absolute atomic E-state index is 0.610. The van der Waals surface area contributed by atoms with E-state index >= 15 is 0 Å². The number of nitrogens with one attached hydrogen (secondary N) is 1. The van der Waals surface area contributed by atoms with Crippen molar-refractivity contribution in [3.8, 4) is 6.07 Å². The summed E-state index contributed by atoms with van der Waals surface area (Å²) >= 11 is 0. The van der Waals surface area contributed by atoms with Gasteiger partial charge in [-0.25, -0.2) is 0 Å². The Labute approximate surface area is 115 Å². The zero-order valence-corrected chi connectivity index (χ0v) is 11.5. The first-order valence-corrected chi connectivity index (χ1v) is 6.98. The van der Waals surface area contributed by atoms with Crippen LogP contribution in [0.1, 0.15) is 25.3 Å². The fourth-order valence-electron chi connectivity index (χ4n) is 2.55. The van der Waals surface area contributed by atoms with Gasteiger partial charge in [-0.15, -0.1) is 0 Å². The van der Waals surface area contributed by atoms with Gasteiger partial charge in [-0.2, -0.15) is 5.26 Å². The van der Waals surface area contributed by atoms with Gasteiger partial charge in [0.05, 0.1) is 23.0 Å². The summed E-state index contributed by atoms with van der Waals surface area (Å²) in [5.74, 6) is 0.720. The normalized spacial score (nSPS) is 17.1. The average molecular weight is 258 g/mol. The van der Waals surface area contributed by atoms with E-state index in [4.69, 9.17) is 11.0 Å². The Kier molecular flexibility index (Phi) is 4.64. The molecule has 0 spiro atoms. The Morgan fingerprint density at radius 3 is 2.74 bits per heavy atom. The molecule has 3 N–H and O–H groups in total. The molecule has 0 atom stereocenters. The molecule has 0 radical (unpaired) electrons. The standard InChI is InChI=1S/C15H22N4/c1-2-19-7-5-12(6-8-19)11-18-15-4-3-13(10-16)9-14(15)17/h3-4,9,12,18H,2,5-8,11,17H2,1H3. The van der Waals surface area contributed by atoms with Gasteiger partial charge < -0.3 is 16.0 Å². The molecule has 0 amide bonds. The van der Waals surface area contributed by atoms with E-state index in [9.17, 15) is 0 Å². The first-order chi connectivity index (χ1) is 9.22. The third-order valence-corrected chi connectivity index (χ3v) is 3.92. The molecule has 1 aromatic carbocycles. The van der Waals surface area contributed by atoms with Crippen LogP contribution in [0.15, 0.2) is 18.2 Å². The van der Waals surface area contributed by atoms with Gasteiger partial charge in [-0.1, -0.05) is 6.92 Å². The van der Waals surface area contributed by atoms with E-state index < -0.39 is 0 Å². The maximum atomic E-state index is 8.80. The lowest BCUT2D eigenvalue weighted by atomic mass is 9.96. The van der Waals surface area contributed by atoms with E-state index in [1.165, 1.54) is 25.9 Å². The molecular formula is C15H22N4. The van der Waals surface area contributed by atoms with Crippen molar-refractivity contribution in [2.45, 2.75) is 19.8 Å². The van der Waals surface area contributed by atoms with Gasteiger partial charge >= 0.3 is 0 Å². The second-order valence-corrected chi connectivity index (χ2v) is 5.17. The highest BCUT2D eigenvalue weighted by molar-refractivity contribution is 5.68. The molecule has 0 aromatic heterocycles. The smallest absolute Gasteiger partial charge is 0.0992 e. The summed E-state index contributed by atoms with van der Waals surface area (Å²) in [5, 5.41) is 12.2. The van der Waals surface area contributed by atoms with E-state index in [0.717, 1.165) is 24.7 Å². The highest BCUT2D eigenvalue weighted by Crippen LogP contribution is 2.22. The molecule has 2 rings (SSSR count). The van der Waals surface area contributed by atoms with Crippen LogP contribution in [0.5, 0.6) is 0 Å². The number of likely N-dealkylation sites (tertiary alicyclic amines) is 1. The molecule has 0 unspecified atom stereocenters. The van der Waals surface area contributed by atoms with Crippen LogP contribution in [-0.2, 0) is 0 Å². The fraction of sp³-hybridized carbons (Fsp3) is 0.533. The van der Waals surface area contributed by atoms with E-state index in [-0.39, 0.29) is 0 Å². The summed E-state index contributed by atoms with van der Waals surface area (Å²) in [6.45, 7) is 6.74. The van der Waals surface area contributed by atoms with E-state index in [2.05, 4.69) is 23.2 Å². The lowest BCUT2D eigenvalue weighted by molar-refractivity contribution is 0.198. The van der Waals surface area contributed by atoms with Crippen molar-refractivity contribution in [3.05, 3.63) is 23.8 Å². The number of nitrogens with two attached hydrogens (primary N) is 1. The number of benzene rings is 1. The maximum Gasteiger partial charge on any atom is 0.0992 e. The van der Waals surface area contributed by atoms with Crippen molar-refractivity contribution in [2.24, 2.45) is 5.92 Å². The zero-order chi connectivity index (χ0) is 13.7. The predicted octanol–water partition coefficient (Wildman–Crippen LogP) is 2.28. The molecule has 4 heteroatoms. The summed E-state index contributed by atoms with van der Waals surface area (Å²) in [7, 11) is 0. The van der Waals surface area contributed by atoms with E-state index in [0.29, 0.717) is 11.3 Å². The predicted molar refractivity (Wildman–Crippen MR) is 78.9 cm³/mol. The zero-order valence-electron chi connectivity index (χ0n) is 11.5. The first-order valence-electron chi connectivity index (χ1n) is 6.98. The Balaban J connectivity index is 1.85. The average Bonchev–Trinajstić information content (AvgIpc) is 2.46. The third-order valence-electron chi connectivity index (χ3n) is 3.92. The van der Waals surface area contributed by atoms with Crippen LogP contribution in [0.25, 0.3) is 0 Å². The SMILES string of the molecule is CCN1CCC(CNc2ccc(C#N)cc2N)CC1. The number of anilines is 2. The minimum atomic E-state index is 0.610. The number of nitriles is 1. The molecule has 0 bridgehead atoms. The van der Waals surface area contributed by atoms with Crippen LogP contribution < -0.4 is 11.1 Å². The molecule has 1 heterocycles. The second-order valence-electron chi connectivity index (χ2n) is 5.17. The Bertz CT molecular complexity index is 456. The molecule has 1 aliphatic heterocycles. The Hall–Kier alpha value is -1.73. The number of hydrogen-bond acceptors (Lipinski definition) is 4. The van der Waals surface area contributed by atoms with Crippen molar-refractivity contribution in [1.82, 2.24) is 4.90 Å². The Morgan fingerprint density at radius 2 is 2.16 bits per heavy atom. The van der Waals surface area contributed by atoms with Crippen molar-refractivity contribution < 1.29 is 0 Å². The molecule has 0 aliphatic carbocycles. The molecule has 1 saturated heterocycles. The van der Waals surface area contributed by atoms with Crippen molar-refractivity contribution in [1.29, 1.82) is 5.26 Å². The molecule has 0 saturated carbocycles. The van der Waals surface area contributed by atoms with Crippen LogP contribution in [0, 0.1) is 17.2 Å². The molecule has 4 nitrogen and oxygen atoms in total. The highest BCUT2D eigenvalue weighted by Gasteiger charge is 2.17. The molecule has 1 aliphatic rings. The highest BCUT2D eigenvalue weighted by atomic mass is 15.1. The lowest BCUT2D eigenvalue weighted by Gasteiger charge is -2.31. The largest absolute Gasteiger partial charge is 0.397 e. The molecule has 102 valence electrons. The summed E-state index contributed by atoms with van der Waals surface area (Å²) in [4.78, 5) is 2.49. The van der Waals surface area contributed by atoms with Gasteiger partial charge in [0, 0.05) is 6.54 Å². The van der Waals surface area contributed by atoms with Crippen LogP contribution in [0.4, 0.5) is 11.4 Å². The van der Waals surface area contributed by atoms with Crippen LogP contribution in [0.2, 0.25) is 0 Å². The number of rotatable bonds is 4. The number of nitrogens with zero attached hydrogens (tertiary/aromatic N) is 2. The van der Waals surface area contributed by atoms with Gasteiger partial charge in [-0.3, -0.25) is 0 Å². The lowest BCUT2D eigenvalue weighted by Crippen LogP contribution is -2.35. The quantitative estimate of drug-likeness (QED) is 0.813. The van der Waals surface area contributed by atoms with Gasteiger partial charge in [0.15, 0.2) is 0 Å². The number of piperidine rings is 1. The third kappa shape index (κ3) is 3.62. The fourth-order valence-corrected chi connectivity index (χ4v) is 2.55. The number of nitrogen functional groups attached to an aromatic ring is 1. The van der Waals surface area contributed by atoms with Crippen LogP contribution in [-0.4, -0.2) is 31.1 Å². The van der Waals surface area contributed by atoms with Crippen LogP contribution in [0.3, 0.4) is 0 Å². The maximum absolute atomic E-state index is 8.80. The van der Waals surface area contributed by atoms with Gasteiger partial charge in [0.2, 0.25) is 0 Å². The van der Waals surface area contributed by atoms with E-state index in [1.54, 1.807) is 12.1 Å². The minimum Gasteiger partial charge on any atom is -0.397 e. The summed E-state index contributed by atoms with van der Waals surface area (Å²) in [6, 6.07) is 7.52. The topological polar surface area (TPSA) is 65.1 Å². The summed E-state index contributed by atoms with van der Waals surface area (Å²) in [5.41, 5.74) is 8.14. The molecule has 1 fully saturated rings. The van der Waals surface area contributed by atoms with Crippen LogP contribution >= 0.6 is 0 Å². The van der Waals surface area contributed by atoms with Crippen molar-refractivity contribution in [3.63, 3.8) is 0 Å². The molecule has 1 aromatic rings. The second kappa shape index (κ2) is 6.44. The molecular weight excluding hydrogens is 236 g/mol. The van der Waals surface area contributed by atoms with Gasteiger partial charge in [0.1, 0.15) is 0 Å². The van der Waals surface area contributed by atoms with Crippen molar-refractivity contribution in [2.75, 3.05) is 37.2 Å². The van der Waals surface area contributed by atoms with E-state index in [1.807, 2.05) is 6.07 Å². The first kappa shape index (κ1) is 13.7. The summed E-state index contributed by atoms with van der Waals surface area (Å²) < 4.78 is 0.